The molecular weight excluding hydrogens is 148 g/mol. The molecule has 4 heteroatoms. The van der Waals surface area contributed by atoms with E-state index in [9.17, 15) is 0 Å². The summed E-state index contributed by atoms with van der Waals surface area (Å²) in [5, 5.41) is 7.28. The first-order valence-electron chi connectivity index (χ1n) is 2.77. The highest BCUT2D eigenvalue weighted by Gasteiger charge is 1.97. The molecule has 0 amide bonds. The Morgan fingerprint density at radius 1 is 1.20 bits per heavy atom. The number of rotatable bonds is 0. The smallest absolute Gasteiger partial charge is 0.136 e. The van der Waals surface area contributed by atoms with Crippen LogP contribution in [0.5, 0.6) is 0 Å². The first-order chi connectivity index (χ1) is 4.86. The van der Waals surface area contributed by atoms with Crippen LogP contribution in [0.4, 0.5) is 0 Å². The molecule has 0 bridgehead atoms. The second-order valence-electron chi connectivity index (χ2n) is 1.94. The molecule has 0 radical (unpaired) electrons. The van der Waals surface area contributed by atoms with Gasteiger partial charge in [0.1, 0.15) is 11.0 Å². The molecule has 2 aromatic rings. The lowest BCUT2D eigenvalue weighted by Gasteiger charge is -1.84. The number of benzene rings is 1. The Morgan fingerprint density at radius 3 is 2.90 bits per heavy atom. The molecule has 0 saturated heterocycles. The highest BCUT2D eigenvalue weighted by molar-refractivity contribution is 7.80. The maximum absolute atomic E-state index is 4.49. The summed E-state index contributed by atoms with van der Waals surface area (Å²) in [5.41, 5.74) is 1.50. The van der Waals surface area contributed by atoms with Gasteiger partial charge in [0.2, 0.25) is 0 Å². The van der Waals surface area contributed by atoms with Crippen LogP contribution in [0.25, 0.3) is 11.0 Å². The lowest BCUT2D eigenvalue weighted by molar-refractivity contribution is 0.315. The minimum absolute atomic E-state index is 0.743. The molecule has 0 atom stereocenters. The molecule has 0 spiro atoms. The van der Waals surface area contributed by atoms with Gasteiger partial charge in [-0.1, -0.05) is 0 Å². The van der Waals surface area contributed by atoms with Crippen molar-refractivity contribution in [1.29, 1.82) is 0 Å². The van der Waals surface area contributed by atoms with E-state index in [1.807, 2.05) is 12.1 Å². The molecule has 0 aliphatic carbocycles. The van der Waals surface area contributed by atoms with Crippen LogP contribution >= 0.6 is 12.6 Å². The van der Waals surface area contributed by atoms with Crippen LogP contribution in [0, 0.1) is 0 Å². The van der Waals surface area contributed by atoms with E-state index in [4.69, 9.17) is 0 Å². The predicted octanol–water partition coefficient (Wildman–Crippen LogP) is 1.51. The second kappa shape index (κ2) is 1.98. The van der Waals surface area contributed by atoms with Gasteiger partial charge in [-0.25, -0.2) is 4.63 Å². The van der Waals surface area contributed by atoms with Crippen molar-refractivity contribution in [2.45, 2.75) is 4.90 Å². The normalized spacial score (nSPS) is 10.5. The molecule has 10 heavy (non-hydrogen) atoms. The van der Waals surface area contributed by atoms with Crippen molar-refractivity contribution in [3.05, 3.63) is 18.2 Å². The number of fused-ring (bicyclic) bond motifs is 1. The van der Waals surface area contributed by atoms with Crippen molar-refractivity contribution in [3.63, 3.8) is 0 Å². The summed E-state index contributed by atoms with van der Waals surface area (Å²) in [6.07, 6.45) is 0. The molecule has 0 N–H and O–H groups in total. The number of hydrogen-bond acceptors (Lipinski definition) is 4. The molecule has 0 unspecified atom stereocenters. The molecule has 1 aromatic carbocycles. The van der Waals surface area contributed by atoms with Crippen LogP contribution in [0.1, 0.15) is 0 Å². The van der Waals surface area contributed by atoms with E-state index in [2.05, 4.69) is 27.6 Å². The number of hydrogen-bond donors (Lipinski definition) is 1. The number of nitrogens with zero attached hydrogens (tertiary/aromatic N) is 2. The van der Waals surface area contributed by atoms with Gasteiger partial charge in [0.25, 0.3) is 0 Å². The quantitative estimate of drug-likeness (QED) is 0.581. The maximum Gasteiger partial charge on any atom is 0.136 e. The van der Waals surface area contributed by atoms with Crippen LogP contribution in [-0.2, 0) is 0 Å². The average molecular weight is 152 g/mol. The van der Waals surface area contributed by atoms with Crippen molar-refractivity contribution >= 4 is 23.7 Å². The zero-order valence-corrected chi connectivity index (χ0v) is 5.88. The molecule has 0 aliphatic rings. The molecule has 50 valence electrons. The Balaban J connectivity index is 2.86. The molecule has 1 heterocycles. The molecular formula is C6H4N2OS. The lowest BCUT2D eigenvalue weighted by atomic mass is 10.3. The van der Waals surface area contributed by atoms with Crippen molar-refractivity contribution in [2.24, 2.45) is 0 Å². The number of aromatic nitrogens is 2. The van der Waals surface area contributed by atoms with Gasteiger partial charge in [-0.05, 0) is 28.5 Å². The van der Waals surface area contributed by atoms with Crippen LogP contribution in [-0.4, -0.2) is 10.3 Å². The topological polar surface area (TPSA) is 38.9 Å². The average Bonchev–Trinajstić information content (AvgIpc) is 2.33. The SMILES string of the molecule is Sc1ccc2nonc2c1. The van der Waals surface area contributed by atoms with E-state index < -0.39 is 0 Å². The van der Waals surface area contributed by atoms with Crippen LogP contribution < -0.4 is 0 Å². The van der Waals surface area contributed by atoms with Crippen molar-refractivity contribution < 1.29 is 4.63 Å². The summed E-state index contributed by atoms with van der Waals surface area (Å²) in [6, 6.07) is 5.46. The van der Waals surface area contributed by atoms with Crippen molar-refractivity contribution in [3.8, 4) is 0 Å². The fourth-order valence-electron chi connectivity index (χ4n) is 0.771. The first kappa shape index (κ1) is 5.73. The van der Waals surface area contributed by atoms with E-state index in [1.165, 1.54) is 0 Å². The van der Waals surface area contributed by atoms with E-state index in [0.717, 1.165) is 15.9 Å². The summed E-state index contributed by atoms with van der Waals surface area (Å²) in [7, 11) is 0. The monoisotopic (exact) mass is 152 g/mol. The fraction of sp³-hybridized carbons (Fsp3) is 0. The van der Waals surface area contributed by atoms with Crippen LogP contribution in [0.15, 0.2) is 27.7 Å². The Bertz CT molecular complexity index is 357. The van der Waals surface area contributed by atoms with Crippen LogP contribution in [0.2, 0.25) is 0 Å². The minimum atomic E-state index is 0.743. The zero-order valence-electron chi connectivity index (χ0n) is 4.98. The highest BCUT2D eigenvalue weighted by atomic mass is 32.1. The van der Waals surface area contributed by atoms with Gasteiger partial charge in [0, 0.05) is 4.90 Å². The molecule has 3 nitrogen and oxygen atoms in total. The molecule has 0 saturated carbocycles. The van der Waals surface area contributed by atoms with Gasteiger partial charge in [-0.2, -0.15) is 0 Å². The van der Waals surface area contributed by atoms with E-state index in [1.54, 1.807) is 6.07 Å². The summed E-state index contributed by atoms with van der Waals surface area (Å²) in [4.78, 5) is 0.864. The third kappa shape index (κ3) is 0.769. The minimum Gasteiger partial charge on any atom is -0.243 e. The Morgan fingerprint density at radius 2 is 2.00 bits per heavy atom. The largest absolute Gasteiger partial charge is 0.243 e. The highest BCUT2D eigenvalue weighted by Crippen LogP contribution is 2.13. The fourth-order valence-corrected chi connectivity index (χ4v) is 0.967. The summed E-state index contributed by atoms with van der Waals surface area (Å²) in [5.74, 6) is 0. The first-order valence-corrected chi connectivity index (χ1v) is 3.22. The molecule has 2 rings (SSSR count). The van der Waals surface area contributed by atoms with Gasteiger partial charge < -0.3 is 0 Å². The van der Waals surface area contributed by atoms with Gasteiger partial charge in [-0.15, -0.1) is 12.6 Å². The summed E-state index contributed by atoms with van der Waals surface area (Å²) in [6.45, 7) is 0. The summed E-state index contributed by atoms with van der Waals surface area (Å²) < 4.78 is 4.49. The van der Waals surface area contributed by atoms with Gasteiger partial charge in [-0.3, -0.25) is 0 Å². The Hall–Kier alpha value is -1.03. The van der Waals surface area contributed by atoms with Gasteiger partial charge >= 0.3 is 0 Å². The van der Waals surface area contributed by atoms with E-state index in [-0.39, 0.29) is 0 Å². The third-order valence-electron chi connectivity index (χ3n) is 1.24. The van der Waals surface area contributed by atoms with Crippen molar-refractivity contribution in [2.75, 3.05) is 0 Å². The van der Waals surface area contributed by atoms with Crippen LogP contribution in [0.3, 0.4) is 0 Å². The lowest BCUT2D eigenvalue weighted by Crippen LogP contribution is -1.68. The molecule has 1 aromatic heterocycles. The van der Waals surface area contributed by atoms with E-state index >= 15 is 0 Å². The zero-order chi connectivity index (χ0) is 6.97. The van der Waals surface area contributed by atoms with Gasteiger partial charge in [0.05, 0.1) is 0 Å². The second-order valence-corrected chi connectivity index (χ2v) is 2.45. The Labute approximate surface area is 62.4 Å². The van der Waals surface area contributed by atoms with Crippen molar-refractivity contribution in [1.82, 2.24) is 10.3 Å². The third-order valence-corrected chi connectivity index (χ3v) is 1.52. The predicted molar refractivity (Wildman–Crippen MR) is 39.1 cm³/mol. The van der Waals surface area contributed by atoms with Gasteiger partial charge in [0.15, 0.2) is 0 Å². The molecule has 0 aliphatic heterocycles. The Kier molecular flexibility index (Phi) is 1.14. The maximum atomic E-state index is 4.49. The van der Waals surface area contributed by atoms with E-state index in [0.29, 0.717) is 0 Å². The standard InChI is InChI=1S/C6H4N2OS/c10-4-1-2-5-6(3-4)8-9-7-5/h1-3,10H. The number of thiol groups is 1. The molecule has 0 fully saturated rings. The summed E-state index contributed by atoms with van der Waals surface area (Å²) >= 11 is 4.13.